The molecule has 1 aromatic heterocycles. The van der Waals surface area contributed by atoms with E-state index in [2.05, 4.69) is 10.2 Å². The second-order valence-electron chi connectivity index (χ2n) is 3.59. The minimum Gasteiger partial charge on any atom is -0.484 e. The Labute approximate surface area is 103 Å². The van der Waals surface area contributed by atoms with Gasteiger partial charge in [-0.3, -0.25) is 4.79 Å². The monoisotopic (exact) mass is 248 g/mol. The molecule has 1 aromatic carbocycles. The number of hydrogen-bond donors (Lipinski definition) is 1. The van der Waals surface area contributed by atoms with Crippen LogP contribution in [0.3, 0.4) is 0 Å². The molecule has 1 heterocycles. The van der Waals surface area contributed by atoms with E-state index in [1.54, 1.807) is 0 Å². The van der Waals surface area contributed by atoms with Crippen molar-refractivity contribution in [2.45, 2.75) is 19.4 Å². The maximum Gasteiger partial charge on any atom is 0.303 e. The number of nitrogens with zero attached hydrogens (tertiary/aromatic N) is 2. The van der Waals surface area contributed by atoms with E-state index in [1.807, 2.05) is 30.3 Å². The zero-order chi connectivity index (χ0) is 12.8. The van der Waals surface area contributed by atoms with Gasteiger partial charge in [-0.2, -0.15) is 0 Å². The Bertz CT molecular complexity index is 510. The van der Waals surface area contributed by atoms with Gasteiger partial charge in [0.2, 0.25) is 5.89 Å². The lowest BCUT2D eigenvalue weighted by atomic mass is 10.3. The number of carboxylic acid groups (broad SMARTS) is 1. The summed E-state index contributed by atoms with van der Waals surface area (Å²) in [6, 6.07) is 9.26. The number of aliphatic carboxylic acids is 1. The molecule has 1 N–H and O–H groups in total. The zero-order valence-electron chi connectivity index (χ0n) is 9.57. The first-order valence-electron chi connectivity index (χ1n) is 5.45. The lowest BCUT2D eigenvalue weighted by Gasteiger charge is -2.01. The quantitative estimate of drug-likeness (QED) is 0.836. The molecule has 0 fully saturated rings. The summed E-state index contributed by atoms with van der Waals surface area (Å²) in [6.07, 6.45) is 0.203. The molecule has 2 aromatic rings. The fourth-order valence-corrected chi connectivity index (χ4v) is 1.32. The second kappa shape index (κ2) is 5.81. The van der Waals surface area contributed by atoms with Crippen LogP contribution >= 0.6 is 0 Å². The summed E-state index contributed by atoms with van der Waals surface area (Å²) in [5.74, 6) is 0.460. The molecule has 0 spiro atoms. The van der Waals surface area contributed by atoms with Crippen LogP contribution in [0.15, 0.2) is 34.7 Å². The Morgan fingerprint density at radius 2 is 1.94 bits per heavy atom. The second-order valence-corrected chi connectivity index (χ2v) is 3.59. The van der Waals surface area contributed by atoms with Gasteiger partial charge >= 0.3 is 5.97 Å². The van der Waals surface area contributed by atoms with Crippen LogP contribution in [0.4, 0.5) is 0 Å². The molecule has 0 saturated heterocycles. The van der Waals surface area contributed by atoms with Crippen molar-refractivity contribution >= 4 is 5.97 Å². The smallest absolute Gasteiger partial charge is 0.303 e. The van der Waals surface area contributed by atoms with Gasteiger partial charge in [-0.25, -0.2) is 0 Å². The number of hydrogen-bond acceptors (Lipinski definition) is 5. The molecular weight excluding hydrogens is 236 g/mol. The molecule has 0 bridgehead atoms. The number of aryl methyl sites for hydroxylation is 1. The third-order valence-corrected chi connectivity index (χ3v) is 2.17. The molecule has 6 heteroatoms. The maximum absolute atomic E-state index is 10.4. The molecule has 0 saturated carbocycles. The molecule has 2 rings (SSSR count). The minimum atomic E-state index is -0.893. The highest BCUT2D eigenvalue weighted by molar-refractivity contribution is 5.66. The zero-order valence-corrected chi connectivity index (χ0v) is 9.57. The third kappa shape index (κ3) is 3.58. The number of carbonyl (C=O) groups is 1. The molecule has 18 heavy (non-hydrogen) atoms. The van der Waals surface area contributed by atoms with Crippen LogP contribution in [0.25, 0.3) is 0 Å². The molecular formula is C12H12N2O4. The van der Waals surface area contributed by atoms with Crippen molar-refractivity contribution in [2.75, 3.05) is 0 Å². The van der Waals surface area contributed by atoms with Crippen molar-refractivity contribution in [1.82, 2.24) is 10.2 Å². The van der Waals surface area contributed by atoms with E-state index in [0.29, 0.717) is 17.5 Å². The highest BCUT2D eigenvalue weighted by atomic mass is 16.5. The van der Waals surface area contributed by atoms with Gasteiger partial charge in [0, 0.05) is 6.42 Å². The lowest BCUT2D eigenvalue weighted by molar-refractivity contribution is -0.137. The van der Waals surface area contributed by atoms with Crippen LogP contribution in [-0.2, 0) is 17.8 Å². The van der Waals surface area contributed by atoms with Gasteiger partial charge in [0.1, 0.15) is 5.75 Å². The van der Waals surface area contributed by atoms with E-state index in [1.165, 1.54) is 0 Å². The topological polar surface area (TPSA) is 85.5 Å². The predicted molar refractivity (Wildman–Crippen MR) is 61.0 cm³/mol. The predicted octanol–water partition coefficient (Wildman–Crippen LogP) is 1.67. The van der Waals surface area contributed by atoms with Gasteiger partial charge in [0.25, 0.3) is 5.89 Å². The van der Waals surface area contributed by atoms with Crippen molar-refractivity contribution in [2.24, 2.45) is 0 Å². The third-order valence-electron chi connectivity index (χ3n) is 2.17. The molecule has 0 aliphatic rings. The Morgan fingerprint density at radius 3 is 2.67 bits per heavy atom. The average Bonchev–Trinajstić information content (AvgIpc) is 2.83. The molecule has 0 aliphatic carbocycles. The molecule has 0 aliphatic heterocycles. The van der Waals surface area contributed by atoms with E-state index >= 15 is 0 Å². The fourth-order valence-electron chi connectivity index (χ4n) is 1.32. The number of rotatable bonds is 6. The van der Waals surface area contributed by atoms with Crippen molar-refractivity contribution in [1.29, 1.82) is 0 Å². The van der Waals surface area contributed by atoms with Crippen LogP contribution in [0.5, 0.6) is 5.75 Å². The van der Waals surface area contributed by atoms with E-state index < -0.39 is 5.97 Å². The molecule has 0 atom stereocenters. The van der Waals surface area contributed by atoms with Gasteiger partial charge in [-0.1, -0.05) is 18.2 Å². The van der Waals surface area contributed by atoms with Crippen molar-refractivity contribution in [3.63, 3.8) is 0 Å². The lowest BCUT2D eigenvalue weighted by Crippen LogP contribution is -1.97. The van der Waals surface area contributed by atoms with Crippen LogP contribution in [0.2, 0.25) is 0 Å². The number of aromatic nitrogens is 2. The van der Waals surface area contributed by atoms with Gasteiger partial charge < -0.3 is 14.3 Å². The van der Waals surface area contributed by atoms with Gasteiger partial charge in [-0.15, -0.1) is 10.2 Å². The Kier molecular flexibility index (Phi) is 3.90. The highest BCUT2D eigenvalue weighted by Gasteiger charge is 2.08. The molecule has 6 nitrogen and oxygen atoms in total. The van der Waals surface area contributed by atoms with Gasteiger partial charge in [0.05, 0.1) is 6.42 Å². The Hall–Kier alpha value is -2.37. The standard InChI is InChI=1S/C12H12N2O4/c15-12(16)7-6-10-13-14-11(18-10)8-17-9-4-2-1-3-5-9/h1-5H,6-8H2,(H,15,16). The van der Waals surface area contributed by atoms with Crippen molar-refractivity contribution in [3.8, 4) is 5.75 Å². The first-order chi connectivity index (χ1) is 8.74. The van der Waals surface area contributed by atoms with Crippen LogP contribution < -0.4 is 4.74 Å². The summed E-state index contributed by atoms with van der Waals surface area (Å²) in [5, 5.41) is 16.0. The summed E-state index contributed by atoms with van der Waals surface area (Å²) in [4.78, 5) is 10.4. The van der Waals surface area contributed by atoms with E-state index in [4.69, 9.17) is 14.3 Å². The fraction of sp³-hybridized carbons (Fsp3) is 0.250. The average molecular weight is 248 g/mol. The van der Waals surface area contributed by atoms with Crippen LogP contribution in [0.1, 0.15) is 18.2 Å². The van der Waals surface area contributed by atoms with E-state index in [-0.39, 0.29) is 19.4 Å². The molecule has 0 unspecified atom stereocenters. The number of benzene rings is 1. The normalized spacial score (nSPS) is 10.2. The first-order valence-corrected chi connectivity index (χ1v) is 5.45. The van der Waals surface area contributed by atoms with E-state index in [9.17, 15) is 4.79 Å². The Balaban J connectivity index is 1.85. The molecule has 0 radical (unpaired) electrons. The molecule has 94 valence electrons. The largest absolute Gasteiger partial charge is 0.484 e. The SMILES string of the molecule is O=C(O)CCc1nnc(COc2ccccc2)o1. The van der Waals surface area contributed by atoms with Crippen molar-refractivity contribution < 1.29 is 19.1 Å². The number of ether oxygens (including phenoxy) is 1. The maximum atomic E-state index is 10.4. The summed E-state index contributed by atoms with van der Waals surface area (Å²) in [6.45, 7) is 0.171. The summed E-state index contributed by atoms with van der Waals surface area (Å²) in [7, 11) is 0. The first kappa shape index (κ1) is 12.1. The van der Waals surface area contributed by atoms with Crippen LogP contribution in [-0.4, -0.2) is 21.3 Å². The summed E-state index contributed by atoms with van der Waals surface area (Å²) < 4.78 is 10.7. The highest BCUT2D eigenvalue weighted by Crippen LogP contribution is 2.11. The van der Waals surface area contributed by atoms with Crippen LogP contribution in [0, 0.1) is 0 Å². The van der Waals surface area contributed by atoms with E-state index in [0.717, 1.165) is 0 Å². The Morgan fingerprint density at radius 1 is 1.22 bits per heavy atom. The van der Waals surface area contributed by atoms with Gasteiger partial charge in [0.15, 0.2) is 6.61 Å². The van der Waals surface area contributed by atoms with Crippen molar-refractivity contribution in [3.05, 3.63) is 42.1 Å². The van der Waals surface area contributed by atoms with Gasteiger partial charge in [-0.05, 0) is 12.1 Å². The minimum absolute atomic E-state index is 0.0266. The molecule has 0 amide bonds. The summed E-state index contributed by atoms with van der Waals surface area (Å²) >= 11 is 0. The number of para-hydroxylation sites is 1. The number of carboxylic acids is 1. The summed E-state index contributed by atoms with van der Waals surface area (Å²) in [5.41, 5.74) is 0.